The Balaban J connectivity index is 1.95. The Morgan fingerprint density at radius 2 is 1.74 bits per heavy atom. The molecule has 0 aliphatic rings. The lowest BCUT2D eigenvalue weighted by atomic mass is 10.1. The standard InChI is InChI=1S/C24H23ClF3N3O4/c1-23(2,3)35-21(33)14-30(13-16-7-4-5-10-18(16)25)22(34)15-8-6-9-17(11-15)31-20(32)12-19(29-31)24(26,27)28/h4-12,29H,13-14H2,1-3H3. The first kappa shape index (κ1) is 26.1. The Morgan fingerprint density at radius 1 is 1.06 bits per heavy atom. The molecule has 0 aliphatic carbocycles. The third kappa shape index (κ3) is 6.75. The Bertz CT molecular complexity index is 1290. The van der Waals surface area contributed by atoms with Crippen LogP contribution in [0.5, 0.6) is 0 Å². The van der Waals surface area contributed by atoms with Crippen molar-refractivity contribution in [3.05, 3.63) is 86.8 Å². The summed E-state index contributed by atoms with van der Waals surface area (Å²) in [6.07, 6.45) is -4.74. The van der Waals surface area contributed by atoms with Crippen molar-refractivity contribution >= 4 is 23.5 Å². The number of halogens is 4. The molecular formula is C24H23ClF3N3O4. The normalized spacial score (nSPS) is 11.9. The number of ether oxygens (including phenoxy) is 1. The molecule has 0 bridgehead atoms. The number of carbonyl (C=O) groups is 2. The highest BCUT2D eigenvalue weighted by Gasteiger charge is 2.34. The molecule has 2 aromatic carbocycles. The summed E-state index contributed by atoms with van der Waals surface area (Å²) in [5, 5.41) is 2.39. The number of hydrogen-bond donors (Lipinski definition) is 1. The monoisotopic (exact) mass is 509 g/mol. The van der Waals surface area contributed by atoms with Crippen LogP contribution >= 0.6 is 11.6 Å². The van der Waals surface area contributed by atoms with Crippen LogP contribution in [0.15, 0.2) is 59.4 Å². The maximum Gasteiger partial charge on any atom is 0.432 e. The molecule has 0 aliphatic heterocycles. The molecule has 0 saturated heterocycles. The number of rotatable bonds is 6. The Hall–Kier alpha value is -3.53. The van der Waals surface area contributed by atoms with Crippen molar-refractivity contribution in [3.8, 4) is 5.69 Å². The summed E-state index contributed by atoms with van der Waals surface area (Å²) in [6, 6.07) is 12.7. The molecule has 1 heterocycles. The van der Waals surface area contributed by atoms with Crippen LogP contribution in [0.1, 0.15) is 42.4 Å². The largest absolute Gasteiger partial charge is 0.459 e. The van der Waals surface area contributed by atoms with Crippen molar-refractivity contribution in [3.63, 3.8) is 0 Å². The van der Waals surface area contributed by atoms with Crippen molar-refractivity contribution in [2.75, 3.05) is 6.54 Å². The summed E-state index contributed by atoms with van der Waals surface area (Å²) in [5.74, 6) is -1.25. The van der Waals surface area contributed by atoms with E-state index in [0.29, 0.717) is 21.3 Å². The van der Waals surface area contributed by atoms with E-state index in [0.717, 1.165) is 0 Å². The van der Waals surface area contributed by atoms with E-state index in [4.69, 9.17) is 16.3 Å². The van der Waals surface area contributed by atoms with E-state index in [1.807, 2.05) is 5.10 Å². The molecule has 0 atom stereocenters. The molecule has 186 valence electrons. The van der Waals surface area contributed by atoms with Gasteiger partial charge in [-0.2, -0.15) is 13.2 Å². The zero-order valence-corrected chi connectivity index (χ0v) is 19.9. The van der Waals surface area contributed by atoms with Gasteiger partial charge in [-0.3, -0.25) is 19.5 Å². The highest BCUT2D eigenvalue weighted by molar-refractivity contribution is 6.31. The number of amides is 1. The van der Waals surface area contributed by atoms with E-state index in [1.165, 1.54) is 29.2 Å². The van der Waals surface area contributed by atoms with Crippen molar-refractivity contribution in [2.45, 2.75) is 39.1 Å². The summed E-state index contributed by atoms with van der Waals surface area (Å²) in [5.41, 5.74) is -2.29. The number of nitrogens with one attached hydrogen (secondary N) is 1. The number of H-pyrrole nitrogens is 1. The van der Waals surface area contributed by atoms with Gasteiger partial charge in [0.1, 0.15) is 17.8 Å². The molecule has 1 N–H and O–H groups in total. The molecule has 7 nitrogen and oxygen atoms in total. The second-order valence-corrected chi connectivity index (χ2v) is 9.14. The zero-order chi connectivity index (χ0) is 26.0. The molecule has 0 fully saturated rings. The number of benzene rings is 2. The highest BCUT2D eigenvalue weighted by atomic mass is 35.5. The number of esters is 1. The predicted molar refractivity (Wildman–Crippen MR) is 123 cm³/mol. The average molecular weight is 510 g/mol. The highest BCUT2D eigenvalue weighted by Crippen LogP contribution is 2.27. The van der Waals surface area contributed by atoms with E-state index in [1.54, 1.807) is 45.0 Å². The molecule has 0 unspecified atom stereocenters. The van der Waals surface area contributed by atoms with Crippen molar-refractivity contribution < 1.29 is 27.5 Å². The van der Waals surface area contributed by atoms with Gasteiger partial charge in [-0.25, -0.2) is 4.68 Å². The average Bonchev–Trinajstić information content (AvgIpc) is 3.15. The summed E-state index contributed by atoms with van der Waals surface area (Å²) in [4.78, 5) is 39.2. The summed E-state index contributed by atoms with van der Waals surface area (Å²) >= 11 is 6.24. The summed E-state index contributed by atoms with van der Waals surface area (Å²) in [6.45, 7) is 4.66. The van der Waals surface area contributed by atoms with Crippen LogP contribution in [-0.4, -0.2) is 38.7 Å². The molecular weight excluding hydrogens is 487 g/mol. The topological polar surface area (TPSA) is 84.4 Å². The Kier molecular flexibility index (Phi) is 7.44. The minimum atomic E-state index is -4.74. The van der Waals surface area contributed by atoms with Crippen LogP contribution in [0.3, 0.4) is 0 Å². The number of nitrogens with zero attached hydrogens (tertiary/aromatic N) is 2. The predicted octanol–water partition coefficient (Wildman–Crippen LogP) is 4.82. The minimum absolute atomic E-state index is 0.0197. The van der Waals surface area contributed by atoms with Crippen molar-refractivity contribution in [1.29, 1.82) is 0 Å². The smallest absolute Gasteiger partial charge is 0.432 e. The summed E-state index contributed by atoms with van der Waals surface area (Å²) < 4.78 is 45.0. The van der Waals surface area contributed by atoms with E-state index < -0.39 is 41.5 Å². The lowest BCUT2D eigenvalue weighted by Gasteiger charge is -2.26. The third-order valence-electron chi connectivity index (χ3n) is 4.72. The summed E-state index contributed by atoms with van der Waals surface area (Å²) in [7, 11) is 0. The molecule has 1 aromatic heterocycles. The Labute approximate surface area is 204 Å². The van der Waals surface area contributed by atoms with E-state index in [2.05, 4.69) is 0 Å². The van der Waals surface area contributed by atoms with Crippen LogP contribution in [0.25, 0.3) is 5.69 Å². The number of aromatic nitrogens is 2. The van der Waals surface area contributed by atoms with Gasteiger partial charge < -0.3 is 9.64 Å². The molecule has 1 amide bonds. The minimum Gasteiger partial charge on any atom is -0.459 e. The first-order valence-corrected chi connectivity index (χ1v) is 10.9. The number of hydrogen-bond acceptors (Lipinski definition) is 4. The molecule has 0 spiro atoms. The maximum absolute atomic E-state index is 13.4. The molecule has 3 rings (SSSR count). The van der Waals surface area contributed by atoms with Gasteiger partial charge in [0, 0.05) is 23.2 Å². The molecule has 11 heteroatoms. The van der Waals surface area contributed by atoms with E-state index >= 15 is 0 Å². The Morgan fingerprint density at radius 3 is 2.34 bits per heavy atom. The van der Waals surface area contributed by atoms with Crippen LogP contribution < -0.4 is 5.56 Å². The van der Waals surface area contributed by atoms with Crippen LogP contribution in [-0.2, 0) is 22.3 Å². The second-order valence-electron chi connectivity index (χ2n) is 8.73. The number of carbonyl (C=O) groups excluding carboxylic acids is 2. The SMILES string of the molecule is CC(C)(C)OC(=O)CN(Cc1ccccc1Cl)C(=O)c1cccc(-n2[nH]c(C(F)(F)F)cc2=O)c1. The third-order valence-corrected chi connectivity index (χ3v) is 5.09. The zero-order valence-electron chi connectivity index (χ0n) is 19.1. The van der Waals surface area contributed by atoms with Crippen LogP contribution in [0.2, 0.25) is 5.02 Å². The fraction of sp³-hybridized carbons (Fsp3) is 0.292. The fourth-order valence-electron chi connectivity index (χ4n) is 3.25. The van der Waals surface area contributed by atoms with Crippen LogP contribution in [0.4, 0.5) is 13.2 Å². The molecule has 0 radical (unpaired) electrons. The van der Waals surface area contributed by atoms with Gasteiger partial charge in [-0.1, -0.05) is 35.9 Å². The van der Waals surface area contributed by atoms with Gasteiger partial charge in [0.25, 0.3) is 11.5 Å². The van der Waals surface area contributed by atoms with Gasteiger partial charge in [-0.05, 0) is 50.6 Å². The first-order chi connectivity index (χ1) is 16.2. The maximum atomic E-state index is 13.4. The molecule has 3 aromatic rings. The fourth-order valence-corrected chi connectivity index (χ4v) is 3.45. The van der Waals surface area contributed by atoms with Gasteiger partial charge >= 0.3 is 12.1 Å². The quantitative estimate of drug-likeness (QED) is 0.483. The van der Waals surface area contributed by atoms with Gasteiger partial charge in [0.15, 0.2) is 0 Å². The van der Waals surface area contributed by atoms with E-state index in [9.17, 15) is 27.6 Å². The number of aromatic amines is 1. The van der Waals surface area contributed by atoms with Gasteiger partial charge in [-0.15, -0.1) is 0 Å². The molecule has 0 saturated carbocycles. The second kappa shape index (κ2) is 9.99. The van der Waals surface area contributed by atoms with E-state index in [-0.39, 0.29) is 17.8 Å². The number of alkyl halides is 3. The molecule has 35 heavy (non-hydrogen) atoms. The van der Waals surface area contributed by atoms with Crippen molar-refractivity contribution in [1.82, 2.24) is 14.7 Å². The lowest BCUT2D eigenvalue weighted by Crippen LogP contribution is -2.38. The van der Waals surface area contributed by atoms with Crippen LogP contribution in [0, 0.1) is 0 Å². The lowest BCUT2D eigenvalue weighted by molar-refractivity contribution is -0.155. The van der Waals surface area contributed by atoms with Crippen molar-refractivity contribution in [2.24, 2.45) is 0 Å². The van der Waals surface area contributed by atoms with Gasteiger partial charge in [0.05, 0.1) is 5.69 Å². The first-order valence-electron chi connectivity index (χ1n) is 10.5. The van der Waals surface area contributed by atoms with Gasteiger partial charge in [0.2, 0.25) is 0 Å².